The van der Waals surface area contributed by atoms with Gasteiger partial charge in [0.2, 0.25) is 5.78 Å². The lowest BCUT2D eigenvalue weighted by Crippen LogP contribution is -2.36. The highest BCUT2D eigenvalue weighted by molar-refractivity contribution is 6.02. The van der Waals surface area contributed by atoms with Crippen molar-refractivity contribution in [3.05, 3.63) is 35.9 Å². The van der Waals surface area contributed by atoms with Crippen molar-refractivity contribution in [2.45, 2.75) is 51.4 Å². The average Bonchev–Trinajstić information content (AvgIpc) is 2.34. The van der Waals surface area contributed by atoms with Crippen LogP contribution < -0.4 is 0 Å². The topological polar surface area (TPSA) is 42.9 Å². The van der Waals surface area contributed by atoms with Crippen molar-refractivity contribution in [1.29, 1.82) is 0 Å². The third kappa shape index (κ3) is 1.98. The van der Waals surface area contributed by atoms with E-state index in [1.54, 1.807) is 6.20 Å². The van der Waals surface area contributed by atoms with E-state index in [4.69, 9.17) is 0 Å². The van der Waals surface area contributed by atoms with Gasteiger partial charge >= 0.3 is 0 Å². The molecular weight excluding hydrogens is 224 g/mol. The van der Waals surface area contributed by atoms with Gasteiger partial charge in [-0.3, -0.25) is 9.78 Å². The van der Waals surface area contributed by atoms with Gasteiger partial charge in [-0.15, -0.1) is 0 Å². The van der Waals surface area contributed by atoms with Crippen LogP contribution in [0.4, 0.5) is 0 Å². The van der Waals surface area contributed by atoms with Crippen LogP contribution in [0.25, 0.3) is 0 Å². The summed E-state index contributed by atoms with van der Waals surface area (Å²) >= 11 is 0. The molecule has 1 aliphatic carbocycles. The molecule has 0 bridgehead atoms. The Morgan fingerprint density at radius 1 is 1.22 bits per heavy atom. The predicted octanol–water partition coefficient (Wildman–Crippen LogP) is 3.19. The van der Waals surface area contributed by atoms with Crippen LogP contribution in [0.5, 0.6) is 0 Å². The van der Waals surface area contributed by atoms with Gasteiger partial charge in [-0.05, 0) is 18.9 Å². The first-order valence-electron chi connectivity index (χ1n) is 6.33. The zero-order valence-corrected chi connectivity index (χ0v) is 11.6. The van der Waals surface area contributed by atoms with E-state index in [0.29, 0.717) is 5.69 Å². The molecule has 3 heteroatoms. The minimum atomic E-state index is -0.163. The zero-order valence-electron chi connectivity index (χ0n) is 11.6. The van der Waals surface area contributed by atoms with E-state index in [-0.39, 0.29) is 16.6 Å². The average molecular weight is 244 g/mol. The van der Waals surface area contributed by atoms with E-state index in [9.17, 15) is 4.79 Å². The Balaban J connectivity index is 2.62. The Morgan fingerprint density at radius 2 is 1.78 bits per heavy atom. The monoisotopic (exact) mass is 244 g/mol. The van der Waals surface area contributed by atoms with Crippen molar-refractivity contribution in [1.82, 2.24) is 9.97 Å². The molecule has 18 heavy (non-hydrogen) atoms. The van der Waals surface area contributed by atoms with Crippen LogP contribution in [0.1, 0.15) is 62.4 Å². The van der Waals surface area contributed by atoms with Gasteiger partial charge in [-0.1, -0.05) is 34.3 Å². The number of fused-ring (bicyclic) bond motifs is 1. The number of carbonyl (C=O) groups is 1. The normalized spacial score (nSPS) is 20.0. The minimum Gasteiger partial charge on any atom is -0.287 e. The summed E-state index contributed by atoms with van der Waals surface area (Å²) in [6, 6.07) is 0. The molecule has 0 amide bonds. The molecule has 0 spiro atoms. The van der Waals surface area contributed by atoms with E-state index in [0.717, 1.165) is 24.2 Å². The molecule has 3 nitrogen and oxygen atoms in total. The van der Waals surface area contributed by atoms with Gasteiger partial charge in [0.25, 0.3) is 0 Å². The first-order valence-corrected chi connectivity index (χ1v) is 6.33. The van der Waals surface area contributed by atoms with E-state index >= 15 is 0 Å². The zero-order chi connectivity index (χ0) is 13.6. The Labute approximate surface area is 108 Å². The highest BCUT2D eigenvalue weighted by Gasteiger charge is 2.39. The second-order valence-corrected chi connectivity index (χ2v) is 6.29. The summed E-state index contributed by atoms with van der Waals surface area (Å²) in [5, 5.41) is 0. The maximum absolute atomic E-state index is 11.7. The second kappa shape index (κ2) is 4.01. The van der Waals surface area contributed by atoms with Crippen LogP contribution in [0.15, 0.2) is 18.9 Å². The predicted molar refractivity (Wildman–Crippen MR) is 71.8 cm³/mol. The third-order valence-electron chi connectivity index (χ3n) is 3.87. The van der Waals surface area contributed by atoms with E-state index in [1.807, 2.05) is 0 Å². The molecule has 0 fully saturated rings. The number of carbonyl (C=O) groups excluding carboxylic acids is 1. The number of hydrogen-bond acceptors (Lipinski definition) is 3. The first kappa shape index (κ1) is 12.9. The SMILES string of the molecule is C=CC(=O)c1cnc2c(n1)C(C)(C)CCC2(C)C. The van der Waals surface area contributed by atoms with Crippen LogP contribution in [0.2, 0.25) is 0 Å². The lowest BCUT2D eigenvalue weighted by Gasteiger charge is -2.39. The van der Waals surface area contributed by atoms with Crippen LogP contribution >= 0.6 is 0 Å². The van der Waals surface area contributed by atoms with Crippen molar-refractivity contribution in [3.63, 3.8) is 0 Å². The van der Waals surface area contributed by atoms with Gasteiger partial charge in [0.15, 0.2) is 0 Å². The molecule has 0 N–H and O–H groups in total. The van der Waals surface area contributed by atoms with Gasteiger partial charge in [0, 0.05) is 10.8 Å². The van der Waals surface area contributed by atoms with Crippen molar-refractivity contribution in [3.8, 4) is 0 Å². The molecule has 1 heterocycles. The molecule has 0 radical (unpaired) electrons. The molecule has 0 unspecified atom stereocenters. The highest BCUT2D eigenvalue weighted by atomic mass is 16.1. The molecule has 0 aliphatic heterocycles. The smallest absolute Gasteiger partial charge is 0.205 e. The van der Waals surface area contributed by atoms with Gasteiger partial charge in [-0.25, -0.2) is 4.98 Å². The molecule has 0 atom stereocenters. The Bertz CT molecular complexity index is 515. The number of rotatable bonds is 2. The highest BCUT2D eigenvalue weighted by Crippen LogP contribution is 2.43. The summed E-state index contributed by atoms with van der Waals surface area (Å²) in [7, 11) is 0. The molecule has 0 saturated heterocycles. The van der Waals surface area contributed by atoms with E-state index in [1.165, 1.54) is 6.08 Å². The second-order valence-electron chi connectivity index (χ2n) is 6.29. The van der Waals surface area contributed by atoms with Gasteiger partial charge in [0.05, 0.1) is 17.6 Å². The third-order valence-corrected chi connectivity index (χ3v) is 3.87. The van der Waals surface area contributed by atoms with Gasteiger partial charge in [-0.2, -0.15) is 0 Å². The number of hydrogen-bond donors (Lipinski definition) is 0. The fourth-order valence-corrected chi connectivity index (χ4v) is 2.44. The summed E-state index contributed by atoms with van der Waals surface area (Å²) in [4.78, 5) is 20.7. The minimum absolute atomic E-state index is 0.0185. The fraction of sp³-hybridized carbons (Fsp3) is 0.533. The summed E-state index contributed by atoms with van der Waals surface area (Å²) in [5.74, 6) is -0.163. The molecular formula is C15H20N2O. The molecule has 1 aliphatic rings. The van der Waals surface area contributed by atoms with E-state index < -0.39 is 0 Å². The van der Waals surface area contributed by atoms with Crippen LogP contribution in [0, 0.1) is 0 Å². The molecule has 2 rings (SSSR count). The maximum atomic E-state index is 11.7. The fourth-order valence-electron chi connectivity index (χ4n) is 2.44. The first-order chi connectivity index (χ1) is 8.28. The van der Waals surface area contributed by atoms with E-state index in [2.05, 4.69) is 44.2 Å². The molecule has 1 aromatic heterocycles. The molecule has 96 valence electrons. The summed E-state index contributed by atoms with van der Waals surface area (Å²) in [5.41, 5.74) is 2.41. The molecule has 1 aromatic rings. The lowest BCUT2D eigenvalue weighted by molar-refractivity contribution is 0.104. The largest absolute Gasteiger partial charge is 0.287 e. The Kier molecular flexibility index (Phi) is 2.88. The number of allylic oxidation sites excluding steroid dienone is 1. The number of nitrogens with zero attached hydrogens (tertiary/aromatic N) is 2. The van der Waals surface area contributed by atoms with Crippen molar-refractivity contribution in [2.24, 2.45) is 0 Å². The maximum Gasteiger partial charge on any atom is 0.205 e. The lowest BCUT2D eigenvalue weighted by atomic mass is 9.67. The number of ketones is 1. The molecule has 0 aromatic carbocycles. The van der Waals surface area contributed by atoms with Crippen LogP contribution in [0.3, 0.4) is 0 Å². The van der Waals surface area contributed by atoms with Gasteiger partial charge in [0.1, 0.15) is 5.69 Å². The van der Waals surface area contributed by atoms with Crippen molar-refractivity contribution in [2.75, 3.05) is 0 Å². The summed E-state index contributed by atoms with van der Waals surface area (Å²) in [6.45, 7) is 12.2. The summed E-state index contributed by atoms with van der Waals surface area (Å²) in [6.07, 6.45) is 5.02. The Hall–Kier alpha value is -1.51. The number of aromatic nitrogens is 2. The van der Waals surface area contributed by atoms with Crippen molar-refractivity contribution >= 4 is 5.78 Å². The molecule has 0 saturated carbocycles. The Morgan fingerprint density at radius 3 is 2.33 bits per heavy atom. The van der Waals surface area contributed by atoms with Crippen LogP contribution in [-0.2, 0) is 10.8 Å². The van der Waals surface area contributed by atoms with Gasteiger partial charge < -0.3 is 0 Å². The summed E-state index contributed by atoms with van der Waals surface area (Å²) < 4.78 is 0. The van der Waals surface area contributed by atoms with Crippen LogP contribution in [-0.4, -0.2) is 15.8 Å². The standard InChI is InChI=1S/C15H20N2O/c1-6-11(18)10-9-16-12-13(17-10)15(4,5)8-7-14(12,2)3/h6,9H,1,7-8H2,2-5H3. The quantitative estimate of drug-likeness (QED) is 0.592. The van der Waals surface area contributed by atoms with Crippen molar-refractivity contribution < 1.29 is 4.79 Å².